The van der Waals surface area contributed by atoms with Gasteiger partial charge in [-0.3, -0.25) is 14.4 Å². The third kappa shape index (κ3) is 5.17. The van der Waals surface area contributed by atoms with Crippen LogP contribution in [-0.4, -0.2) is 75.8 Å². The Labute approximate surface area is 228 Å². The number of halogens is 1. The summed E-state index contributed by atoms with van der Waals surface area (Å²) in [6.45, 7) is 13.6. The standard InChI is InChI=1S/C28H35ClN6OS/c1-18-19(2)37-26-24(18)25(21-8-10-22(29)11-9-21)30-28(4,27-32-31-20(3)35(26)27)17-23(36)7-6-12-34-15-13-33(5)14-16-34/h8-11H,6-7,12-17H2,1-5H3/t28-/m0/s1. The van der Waals surface area contributed by atoms with Crippen LogP contribution in [-0.2, 0) is 10.3 Å². The van der Waals surface area contributed by atoms with Crippen LogP contribution in [0.4, 0.5) is 0 Å². The van der Waals surface area contributed by atoms with Gasteiger partial charge in [0, 0.05) is 60.0 Å². The predicted molar refractivity (Wildman–Crippen MR) is 151 cm³/mol. The molecule has 1 atom stereocenters. The summed E-state index contributed by atoms with van der Waals surface area (Å²) in [7, 11) is 2.16. The number of carbonyl (C=O) groups is 1. The van der Waals surface area contributed by atoms with Crippen molar-refractivity contribution in [2.24, 2.45) is 4.99 Å². The Hall–Kier alpha value is -2.39. The molecule has 37 heavy (non-hydrogen) atoms. The smallest absolute Gasteiger partial charge is 0.166 e. The van der Waals surface area contributed by atoms with Crippen LogP contribution in [0, 0.1) is 20.8 Å². The third-order valence-electron chi connectivity index (χ3n) is 7.66. The van der Waals surface area contributed by atoms with Crippen molar-refractivity contribution < 1.29 is 4.79 Å². The molecule has 2 aromatic heterocycles. The number of aromatic nitrogens is 3. The fraction of sp³-hybridized carbons (Fsp3) is 0.500. The second kappa shape index (κ2) is 10.4. The molecule has 1 fully saturated rings. The van der Waals surface area contributed by atoms with E-state index < -0.39 is 5.54 Å². The van der Waals surface area contributed by atoms with E-state index in [2.05, 4.69) is 45.5 Å². The molecule has 3 aromatic rings. The predicted octanol–water partition coefficient (Wildman–Crippen LogP) is 4.96. The van der Waals surface area contributed by atoms with Gasteiger partial charge < -0.3 is 9.80 Å². The number of aryl methyl sites for hydroxylation is 2. The van der Waals surface area contributed by atoms with Crippen molar-refractivity contribution in [1.82, 2.24) is 24.6 Å². The van der Waals surface area contributed by atoms with Gasteiger partial charge in [-0.2, -0.15) is 0 Å². The first kappa shape index (κ1) is 26.2. The lowest BCUT2D eigenvalue weighted by Gasteiger charge is -2.32. The SMILES string of the molecule is Cc1sc2c(c1C)C(c1ccc(Cl)cc1)=N[C@@](C)(CC(=O)CCCN1CCN(C)CC1)c1nnc(C)n1-2. The van der Waals surface area contributed by atoms with Crippen LogP contribution in [0.3, 0.4) is 0 Å². The van der Waals surface area contributed by atoms with E-state index in [0.29, 0.717) is 11.4 Å². The van der Waals surface area contributed by atoms with E-state index >= 15 is 0 Å². The lowest BCUT2D eigenvalue weighted by Crippen LogP contribution is -2.44. The lowest BCUT2D eigenvalue weighted by atomic mass is 9.92. The first-order valence-corrected chi connectivity index (χ1v) is 14.2. The number of benzene rings is 1. The van der Waals surface area contributed by atoms with E-state index in [1.165, 1.54) is 10.4 Å². The normalized spacial score (nSPS) is 20.3. The molecule has 2 aliphatic heterocycles. The van der Waals surface area contributed by atoms with Gasteiger partial charge in [0.15, 0.2) is 5.82 Å². The van der Waals surface area contributed by atoms with Gasteiger partial charge in [-0.15, -0.1) is 21.5 Å². The highest BCUT2D eigenvalue weighted by Crippen LogP contribution is 2.42. The molecule has 0 bridgehead atoms. The number of piperazine rings is 1. The number of aliphatic imine (C=N–C) groups is 1. The second-order valence-electron chi connectivity index (χ2n) is 10.6. The summed E-state index contributed by atoms with van der Waals surface area (Å²) in [4.78, 5) is 24.8. The van der Waals surface area contributed by atoms with E-state index in [1.54, 1.807) is 11.3 Å². The number of ketones is 1. The van der Waals surface area contributed by atoms with E-state index in [4.69, 9.17) is 16.6 Å². The van der Waals surface area contributed by atoms with Crippen LogP contribution >= 0.6 is 22.9 Å². The van der Waals surface area contributed by atoms with Crippen molar-refractivity contribution in [2.45, 2.75) is 52.5 Å². The summed E-state index contributed by atoms with van der Waals surface area (Å²) >= 11 is 7.95. The fourth-order valence-electron chi connectivity index (χ4n) is 5.33. The highest BCUT2D eigenvalue weighted by molar-refractivity contribution is 7.15. The highest BCUT2D eigenvalue weighted by Gasteiger charge is 2.40. The monoisotopic (exact) mass is 538 g/mol. The number of nitrogens with zero attached hydrogens (tertiary/aromatic N) is 6. The Morgan fingerprint density at radius 2 is 1.78 bits per heavy atom. The summed E-state index contributed by atoms with van der Waals surface area (Å²) in [5.74, 6) is 1.74. The highest BCUT2D eigenvalue weighted by atomic mass is 35.5. The Morgan fingerprint density at radius 3 is 2.49 bits per heavy atom. The van der Waals surface area contributed by atoms with Crippen molar-refractivity contribution in [3.8, 4) is 5.00 Å². The zero-order valence-electron chi connectivity index (χ0n) is 22.3. The maximum atomic E-state index is 13.4. The molecule has 4 heterocycles. The lowest BCUT2D eigenvalue weighted by molar-refractivity contribution is -0.120. The zero-order chi connectivity index (χ0) is 26.3. The van der Waals surface area contributed by atoms with Crippen LogP contribution in [0.1, 0.15) is 59.4 Å². The number of fused-ring (bicyclic) bond motifs is 3. The summed E-state index contributed by atoms with van der Waals surface area (Å²) in [5, 5.41) is 10.8. The molecule has 5 rings (SSSR count). The topological polar surface area (TPSA) is 66.6 Å². The molecule has 9 heteroatoms. The van der Waals surface area contributed by atoms with Crippen LogP contribution in [0.5, 0.6) is 0 Å². The summed E-state index contributed by atoms with van der Waals surface area (Å²) in [6, 6.07) is 7.80. The number of carbonyl (C=O) groups excluding carboxylic acids is 1. The number of hydrogen-bond donors (Lipinski definition) is 0. The third-order valence-corrected chi connectivity index (χ3v) is 9.10. The summed E-state index contributed by atoms with van der Waals surface area (Å²) in [6.07, 6.45) is 1.70. The maximum absolute atomic E-state index is 13.4. The van der Waals surface area contributed by atoms with E-state index in [0.717, 1.165) is 72.6 Å². The van der Waals surface area contributed by atoms with Gasteiger partial charge in [0.2, 0.25) is 0 Å². The van der Waals surface area contributed by atoms with Crippen LogP contribution < -0.4 is 0 Å². The molecule has 1 saturated heterocycles. The molecule has 0 spiro atoms. The van der Waals surface area contributed by atoms with Gasteiger partial charge in [0.1, 0.15) is 22.1 Å². The Morgan fingerprint density at radius 1 is 1.08 bits per heavy atom. The maximum Gasteiger partial charge on any atom is 0.166 e. The Kier molecular flexibility index (Phi) is 7.38. The van der Waals surface area contributed by atoms with E-state index in [1.807, 2.05) is 38.1 Å². The average Bonchev–Trinajstić information content (AvgIpc) is 3.35. The number of hydrogen-bond acceptors (Lipinski definition) is 7. The summed E-state index contributed by atoms with van der Waals surface area (Å²) < 4.78 is 2.12. The minimum atomic E-state index is -0.833. The van der Waals surface area contributed by atoms with Crippen molar-refractivity contribution in [3.63, 3.8) is 0 Å². The largest absolute Gasteiger partial charge is 0.304 e. The zero-order valence-corrected chi connectivity index (χ0v) is 23.9. The first-order chi connectivity index (χ1) is 17.7. The fourth-order valence-corrected chi connectivity index (χ4v) is 6.66. The van der Waals surface area contributed by atoms with Crippen molar-refractivity contribution in [2.75, 3.05) is 39.8 Å². The molecule has 0 unspecified atom stereocenters. The molecule has 0 amide bonds. The number of likely N-dealkylation sites (N-methyl/N-ethyl adjacent to an activating group) is 1. The van der Waals surface area contributed by atoms with Crippen molar-refractivity contribution >= 4 is 34.4 Å². The molecule has 7 nitrogen and oxygen atoms in total. The van der Waals surface area contributed by atoms with Gasteiger partial charge in [0.25, 0.3) is 0 Å². The number of rotatable bonds is 7. The molecule has 0 N–H and O–H groups in total. The quantitative estimate of drug-likeness (QED) is 0.425. The van der Waals surface area contributed by atoms with Gasteiger partial charge >= 0.3 is 0 Å². The number of Topliss-reactive ketones (excluding diaryl/α,β-unsaturated/α-hetero) is 1. The molecule has 0 radical (unpaired) electrons. The Bertz CT molecular complexity index is 1340. The first-order valence-electron chi connectivity index (χ1n) is 13.0. The van der Waals surface area contributed by atoms with Crippen LogP contribution in [0.25, 0.3) is 5.00 Å². The van der Waals surface area contributed by atoms with Crippen molar-refractivity contribution in [1.29, 1.82) is 0 Å². The molecule has 1 aromatic carbocycles. The average molecular weight is 539 g/mol. The minimum absolute atomic E-state index is 0.209. The molecule has 2 aliphatic rings. The molecular weight excluding hydrogens is 504 g/mol. The van der Waals surface area contributed by atoms with Gasteiger partial charge in [-0.05, 0) is 65.4 Å². The van der Waals surface area contributed by atoms with Gasteiger partial charge in [-0.1, -0.05) is 23.7 Å². The molecule has 196 valence electrons. The van der Waals surface area contributed by atoms with Crippen LogP contribution in [0.15, 0.2) is 29.3 Å². The molecule has 0 saturated carbocycles. The van der Waals surface area contributed by atoms with E-state index in [9.17, 15) is 4.79 Å². The minimum Gasteiger partial charge on any atom is -0.304 e. The van der Waals surface area contributed by atoms with Gasteiger partial charge in [0.05, 0.1) is 5.71 Å². The van der Waals surface area contributed by atoms with Crippen LogP contribution in [0.2, 0.25) is 5.02 Å². The van der Waals surface area contributed by atoms with Gasteiger partial charge in [-0.25, -0.2) is 0 Å². The number of thiophene rings is 1. The molecule has 0 aliphatic carbocycles. The second-order valence-corrected chi connectivity index (χ2v) is 12.2. The Balaban J connectivity index is 1.48. The van der Waals surface area contributed by atoms with E-state index in [-0.39, 0.29) is 12.2 Å². The summed E-state index contributed by atoms with van der Waals surface area (Å²) in [5.41, 5.74) is 3.30. The van der Waals surface area contributed by atoms with Crippen molar-refractivity contribution in [3.05, 3.63) is 62.5 Å². The molecular formula is C28H35ClN6OS.